The minimum Gasteiger partial charge on any atom is -0.593 e. The second-order valence-corrected chi connectivity index (χ2v) is 16.9. The van der Waals surface area contributed by atoms with E-state index < -0.39 is 84.5 Å². The van der Waals surface area contributed by atoms with Gasteiger partial charge in [-0.05, 0) is 61.1 Å². The number of fused-ring (bicyclic) bond motifs is 5. The van der Waals surface area contributed by atoms with Gasteiger partial charge >= 0.3 is 6.18 Å². The van der Waals surface area contributed by atoms with Crippen molar-refractivity contribution >= 4 is 56.6 Å². The zero-order chi connectivity index (χ0) is 43.3. The molecule has 13 nitrogen and oxygen atoms in total. The van der Waals surface area contributed by atoms with Gasteiger partial charge in [0.1, 0.15) is 36.0 Å². The first kappa shape index (κ1) is 41.0. The quantitative estimate of drug-likeness (QED) is 0.0920. The molecule has 6 aromatic rings. The second-order valence-electron chi connectivity index (χ2n) is 15.4. The van der Waals surface area contributed by atoms with E-state index in [1.807, 2.05) is 0 Å². The van der Waals surface area contributed by atoms with Gasteiger partial charge in [0.2, 0.25) is 17.6 Å². The number of ether oxygens (including phenoxy) is 1. The highest BCUT2D eigenvalue weighted by atomic mass is 35.5. The summed E-state index contributed by atoms with van der Waals surface area (Å²) in [5.41, 5.74) is -0.203. The molecule has 4 aromatic heterocycles. The van der Waals surface area contributed by atoms with Crippen LogP contribution >= 0.6 is 11.6 Å². The fourth-order valence-corrected chi connectivity index (χ4v) is 8.91. The molecule has 0 radical (unpaired) electrons. The molecule has 3 aliphatic rings. The van der Waals surface area contributed by atoms with E-state index >= 15 is 8.78 Å². The third-order valence-electron chi connectivity index (χ3n) is 11.0. The molecule has 9 rings (SSSR count). The number of nitrogens with zero attached hydrogens (tertiary/aromatic N) is 7. The molecule has 0 bridgehead atoms. The molecule has 0 spiro atoms. The smallest absolute Gasteiger partial charge is 0.392 e. The van der Waals surface area contributed by atoms with Crippen molar-refractivity contribution in [3.8, 4) is 11.6 Å². The van der Waals surface area contributed by atoms with E-state index in [0.29, 0.717) is 23.7 Å². The van der Waals surface area contributed by atoms with E-state index in [9.17, 15) is 36.1 Å². The van der Waals surface area contributed by atoms with Crippen molar-refractivity contribution in [2.24, 2.45) is 13.0 Å². The summed E-state index contributed by atoms with van der Waals surface area (Å²) in [6.45, 7) is -1.50. The van der Waals surface area contributed by atoms with Gasteiger partial charge in [0.05, 0.1) is 63.1 Å². The molecular formula is C39H33ClF7N9O4S. The maximum Gasteiger partial charge on any atom is 0.392 e. The molecule has 22 heteroatoms. The molecular weight excluding hydrogens is 859 g/mol. The van der Waals surface area contributed by atoms with E-state index in [1.54, 1.807) is 0 Å². The molecule has 4 unspecified atom stereocenters. The van der Waals surface area contributed by atoms with Crippen LogP contribution in [0.5, 0.6) is 5.88 Å². The van der Waals surface area contributed by atoms with Crippen molar-refractivity contribution in [2.45, 2.75) is 68.6 Å². The molecule has 61 heavy (non-hydrogen) atoms. The number of anilines is 1. The Labute approximate surface area is 348 Å². The Bertz CT molecular complexity index is 2810. The Morgan fingerprint density at radius 2 is 1.84 bits per heavy atom. The number of carbonyl (C=O) groups is 1. The molecule has 1 amide bonds. The van der Waals surface area contributed by atoms with Gasteiger partial charge < -0.3 is 14.6 Å². The van der Waals surface area contributed by atoms with Crippen LogP contribution in [-0.4, -0.2) is 63.6 Å². The Hall–Kier alpha value is -5.41. The Kier molecular flexibility index (Phi) is 10.0. The van der Waals surface area contributed by atoms with Gasteiger partial charge in [0, 0.05) is 43.0 Å². The van der Waals surface area contributed by atoms with Crippen LogP contribution in [0, 0.1) is 17.6 Å². The minimum absolute atomic E-state index is 0.00570. The highest BCUT2D eigenvalue weighted by Gasteiger charge is 2.67. The van der Waals surface area contributed by atoms with Gasteiger partial charge in [0.15, 0.2) is 5.65 Å². The van der Waals surface area contributed by atoms with Crippen molar-refractivity contribution in [2.75, 3.05) is 17.6 Å². The molecule has 320 valence electrons. The van der Waals surface area contributed by atoms with Gasteiger partial charge in [-0.3, -0.25) is 23.5 Å². The highest BCUT2D eigenvalue weighted by Crippen LogP contribution is 2.69. The van der Waals surface area contributed by atoms with Crippen LogP contribution in [0.15, 0.2) is 47.3 Å². The lowest BCUT2D eigenvalue weighted by molar-refractivity contribution is -0.139. The number of hydrogen-bond acceptors (Lipinski definition) is 9. The normalized spacial score (nSPS) is 18.9. The monoisotopic (exact) mass is 891 g/mol. The standard InChI is InChI=1S/C39H33ClF7N9O4S/c1-54-32-26(7-6-24(40)30(32)35(52-54)53-61(2)59)56-36(50-34-21(37(56)58)5-8-28(49-34)60-10-9-38(43,44)45)25(13-17-11-19(41)14-20(42)12-17)48-27(57)16-55-33-29(31(51-55)18-3-4-18)22-15-23(22)39(33,46)47/h5-8,11-12,14,18,22-23,25H,3-4,9-10,13,15-16H2,1-2H3,(H,48,57)(H,52,53). The summed E-state index contributed by atoms with van der Waals surface area (Å²) < 4.78 is 123. The predicted octanol–water partition coefficient (Wildman–Crippen LogP) is 7.02. The summed E-state index contributed by atoms with van der Waals surface area (Å²) in [5, 5.41) is 11.9. The Morgan fingerprint density at radius 3 is 2.52 bits per heavy atom. The summed E-state index contributed by atoms with van der Waals surface area (Å²) >= 11 is 5.02. The topological polar surface area (TPSA) is 157 Å². The van der Waals surface area contributed by atoms with Gasteiger partial charge in [-0.25, -0.2) is 13.8 Å². The number of halogens is 8. The fourth-order valence-electron chi connectivity index (χ4n) is 8.25. The molecule has 2 aromatic carbocycles. The molecule has 0 aliphatic heterocycles. The van der Waals surface area contributed by atoms with E-state index in [-0.39, 0.29) is 73.3 Å². The highest BCUT2D eigenvalue weighted by molar-refractivity contribution is 7.92. The second kappa shape index (κ2) is 14.9. The first-order chi connectivity index (χ1) is 28.9. The van der Waals surface area contributed by atoms with Gasteiger partial charge in [-0.1, -0.05) is 11.6 Å². The summed E-state index contributed by atoms with van der Waals surface area (Å²) in [6.07, 6.45) is -3.04. The van der Waals surface area contributed by atoms with Crippen molar-refractivity contribution in [1.82, 2.24) is 39.4 Å². The van der Waals surface area contributed by atoms with Gasteiger partial charge in [-0.15, -0.1) is 5.10 Å². The summed E-state index contributed by atoms with van der Waals surface area (Å²) in [7, 11) is 1.52. The van der Waals surface area contributed by atoms with E-state index in [2.05, 4.69) is 30.2 Å². The number of aromatic nitrogens is 7. The number of rotatable bonds is 13. The first-order valence-corrected chi connectivity index (χ1v) is 20.9. The number of amides is 1. The number of hydrogen-bond donors (Lipinski definition) is 2. The van der Waals surface area contributed by atoms with E-state index in [1.165, 1.54) is 42.3 Å². The number of alkyl halides is 5. The third kappa shape index (κ3) is 7.64. The molecule has 3 aliphatic carbocycles. The number of aryl methyl sites for hydroxylation is 1. The molecule has 2 fully saturated rings. The van der Waals surface area contributed by atoms with Crippen LogP contribution in [0.3, 0.4) is 0 Å². The summed E-state index contributed by atoms with van der Waals surface area (Å²) in [4.78, 5) is 37.9. The average Bonchev–Trinajstić information content (AvgIpc) is 4.08. The average molecular weight is 892 g/mol. The molecule has 4 heterocycles. The molecule has 0 saturated heterocycles. The van der Waals surface area contributed by atoms with Crippen LogP contribution < -0.4 is 20.3 Å². The van der Waals surface area contributed by atoms with Crippen molar-refractivity contribution in [3.05, 3.63) is 97.8 Å². The summed E-state index contributed by atoms with van der Waals surface area (Å²) in [5.74, 6) is -7.79. The van der Waals surface area contributed by atoms with Crippen LogP contribution in [0.4, 0.5) is 36.6 Å². The van der Waals surface area contributed by atoms with Crippen LogP contribution in [-0.2, 0) is 42.1 Å². The number of nitrogens with one attached hydrogen (secondary N) is 2. The predicted molar refractivity (Wildman–Crippen MR) is 208 cm³/mol. The zero-order valence-electron chi connectivity index (χ0n) is 32.0. The summed E-state index contributed by atoms with van der Waals surface area (Å²) in [6, 6.07) is 6.43. The maximum absolute atomic E-state index is 15.7. The van der Waals surface area contributed by atoms with Crippen LogP contribution in [0.2, 0.25) is 5.02 Å². The zero-order valence-corrected chi connectivity index (χ0v) is 33.6. The van der Waals surface area contributed by atoms with Crippen LogP contribution in [0.25, 0.3) is 27.6 Å². The number of carbonyl (C=O) groups excluding carboxylic acids is 1. The van der Waals surface area contributed by atoms with Gasteiger partial charge in [-0.2, -0.15) is 36.8 Å². The number of pyridine rings is 1. The van der Waals surface area contributed by atoms with Crippen LogP contribution in [0.1, 0.15) is 71.9 Å². The Balaban J connectivity index is 1.21. The fraction of sp³-hybridized carbons (Fsp3) is 0.385. The molecule has 2 N–H and O–H groups in total. The van der Waals surface area contributed by atoms with Crippen molar-refractivity contribution in [3.63, 3.8) is 0 Å². The van der Waals surface area contributed by atoms with E-state index in [0.717, 1.165) is 34.2 Å². The minimum atomic E-state index is -4.54. The molecule has 4 atom stereocenters. The number of benzene rings is 2. The lowest BCUT2D eigenvalue weighted by Crippen LogP contribution is -2.38. The maximum atomic E-state index is 15.7. The van der Waals surface area contributed by atoms with Crippen molar-refractivity contribution in [1.29, 1.82) is 0 Å². The van der Waals surface area contributed by atoms with Gasteiger partial charge in [0.25, 0.3) is 11.5 Å². The largest absolute Gasteiger partial charge is 0.593 e. The molecule has 2 saturated carbocycles. The van der Waals surface area contributed by atoms with Crippen molar-refractivity contribution < 1.29 is 44.8 Å². The lowest BCUT2D eigenvalue weighted by Gasteiger charge is -2.24. The van der Waals surface area contributed by atoms with E-state index in [4.69, 9.17) is 16.3 Å². The Morgan fingerprint density at radius 1 is 1.10 bits per heavy atom. The first-order valence-electron chi connectivity index (χ1n) is 19.0. The third-order valence-corrected chi connectivity index (χ3v) is 11.8. The lowest BCUT2D eigenvalue weighted by atomic mass is 10.0. The SMILES string of the molecule is Cn1nc(N[S+](C)[O-])c2c(Cl)ccc(-n3c(C(Cc4cc(F)cc(F)c4)NC(=O)Cn4nc(C5CC5)c5c4C(F)(F)C4CC54)nc4nc(OCCC(F)(F)F)ccc4c3=O)c21.